The zero-order chi connectivity index (χ0) is 12.7. The van der Waals surface area contributed by atoms with Gasteiger partial charge in [0.1, 0.15) is 5.75 Å². The Kier molecular flexibility index (Phi) is 5.35. The van der Waals surface area contributed by atoms with Crippen molar-refractivity contribution < 1.29 is 14.1 Å². The molecule has 1 aromatic rings. The van der Waals surface area contributed by atoms with Crippen LogP contribution in [0.2, 0.25) is 0 Å². The largest absolute Gasteiger partial charge is 0.493 e. The Labute approximate surface area is 98.7 Å². The van der Waals surface area contributed by atoms with Gasteiger partial charge in [0.05, 0.1) is 18.2 Å². The third kappa shape index (κ3) is 3.99. The highest BCUT2D eigenvalue weighted by Crippen LogP contribution is 2.24. The molecule has 0 aliphatic heterocycles. The molecule has 17 heavy (non-hydrogen) atoms. The smallest absolute Gasteiger partial charge is 0.270 e. The lowest BCUT2D eigenvalue weighted by atomic mass is 10.1. The summed E-state index contributed by atoms with van der Waals surface area (Å²) in [6.45, 7) is 0.298. The molecule has 0 heterocycles. The van der Waals surface area contributed by atoms with Crippen molar-refractivity contribution in [1.82, 2.24) is 5.32 Å². The molecule has 0 amide bonds. The highest BCUT2D eigenvalue weighted by molar-refractivity contribution is 5.43. The van der Waals surface area contributed by atoms with Gasteiger partial charge in [0.25, 0.3) is 5.69 Å². The molecular weight excluding hydrogens is 227 g/mol. The number of benzene rings is 1. The zero-order valence-corrected chi connectivity index (χ0v) is 9.61. The molecule has 0 atom stereocenters. The molecule has 0 spiro atoms. The van der Waals surface area contributed by atoms with Crippen molar-refractivity contribution in [2.45, 2.75) is 13.0 Å². The van der Waals surface area contributed by atoms with Gasteiger partial charge in [-0.1, -0.05) is 0 Å². The fraction of sp³-hybridized carbons (Fsp3) is 0.455. The molecule has 0 aliphatic carbocycles. The Hall–Kier alpha value is -1.69. The van der Waals surface area contributed by atoms with Crippen molar-refractivity contribution in [1.29, 1.82) is 0 Å². The summed E-state index contributed by atoms with van der Waals surface area (Å²) in [5.41, 5.74) is 0.716. The Bertz CT molecular complexity index is 385. The number of rotatable bonds is 7. The molecule has 0 bridgehead atoms. The first-order valence-corrected chi connectivity index (χ1v) is 5.29. The second-order valence-electron chi connectivity index (χ2n) is 3.47. The number of hydrogen-bond acceptors (Lipinski definition) is 4. The molecule has 0 fully saturated rings. The molecular formula is C11H15FN2O3. The first kappa shape index (κ1) is 13.4. The van der Waals surface area contributed by atoms with Crippen molar-refractivity contribution in [3.63, 3.8) is 0 Å². The average Bonchev–Trinajstić information content (AvgIpc) is 2.31. The number of nitro benzene ring substituents is 1. The summed E-state index contributed by atoms with van der Waals surface area (Å²) in [6, 6.07) is 4.38. The van der Waals surface area contributed by atoms with Crippen LogP contribution in [0.5, 0.6) is 5.75 Å². The lowest BCUT2D eigenvalue weighted by molar-refractivity contribution is -0.384. The molecule has 0 saturated heterocycles. The van der Waals surface area contributed by atoms with Crippen molar-refractivity contribution >= 4 is 5.69 Å². The van der Waals surface area contributed by atoms with Crippen LogP contribution >= 0.6 is 0 Å². The minimum atomic E-state index is -0.454. The Balaban J connectivity index is 2.83. The van der Waals surface area contributed by atoms with Crippen molar-refractivity contribution in [3.05, 3.63) is 33.9 Å². The number of alkyl halides is 1. The van der Waals surface area contributed by atoms with E-state index in [1.807, 2.05) is 0 Å². The van der Waals surface area contributed by atoms with E-state index in [-0.39, 0.29) is 12.3 Å². The summed E-state index contributed by atoms with van der Waals surface area (Å²) >= 11 is 0. The highest BCUT2D eigenvalue weighted by Gasteiger charge is 2.11. The van der Waals surface area contributed by atoms with Gasteiger partial charge in [0.2, 0.25) is 0 Å². The first-order valence-electron chi connectivity index (χ1n) is 5.29. The van der Waals surface area contributed by atoms with Gasteiger partial charge in [-0.15, -0.1) is 0 Å². The van der Waals surface area contributed by atoms with Crippen LogP contribution in [0.15, 0.2) is 18.2 Å². The predicted molar refractivity (Wildman–Crippen MR) is 61.9 cm³/mol. The number of non-ortho nitro benzene ring substituents is 1. The summed E-state index contributed by atoms with van der Waals surface area (Å²) in [7, 11) is 1.74. The van der Waals surface area contributed by atoms with E-state index in [1.165, 1.54) is 12.1 Å². The van der Waals surface area contributed by atoms with Crippen molar-refractivity contribution in [2.75, 3.05) is 20.3 Å². The van der Waals surface area contributed by atoms with Crippen molar-refractivity contribution in [3.8, 4) is 5.75 Å². The fourth-order valence-corrected chi connectivity index (χ4v) is 1.39. The molecule has 6 heteroatoms. The summed E-state index contributed by atoms with van der Waals surface area (Å²) < 4.78 is 17.3. The summed E-state index contributed by atoms with van der Waals surface area (Å²) in [5, 5.41) is 13.5. The molecule has 94 valence electrons. The highest BCUT2D eigenvalue weighted by atomic mass is 19.1. The van der Waals surface area contributed by atoms with Crippen LogP contribution in [-0.2, 0) is 6.54 Å². The third-order valence-corrected chi connectivity index (χ3v) is 2.16. The average molecular weight is 242 g/mol. The molecule has 0 radical (unpaired) electrons. The quantitative estimate of drug-likeness (QED) is 0.451. The summed E-state index contributed by atoms with van der Waals surface area (Å²) in [6.07, 6.45) is 0.315. The maximum absolute atomic E-state index is 11.9. The monoisotopic (exact) mass is 242 g/mol. The van der Waals surface area contributed by atoms with E-state index >= 15 is 0 Å². The Morgan fingerprint density at radius 2 is 2.29 bits per heavy atom. The molecule has 0 unspecified atom stereocenters. The zero-order valence-electron chi connectivity index (χ0n) is 9.61. The fourth-order valence-electron chi connectivity index (χ4n) is 1.39. The van der Waals surface area contributed by atoms with Gasteiger partial charge < -0.3 is 10.1 Å². The number of nitro groups is 1. The van der Waals surface area contributed by atoms with Gasteiger partial charge in [-0.3, -0.25) is 14.5 Å². The second-order valence-corrected chi connectivity index (χ2v) is 3.47. The third-order valence-electron chi connectivity index (χ3n) is 2.16. The van der Waals surface area contributed by atoms with E-state index in [0.29, 0.717) is 24.3 Å². The molecule has 1 aromatic carbocycles. The molecule has 1 N–H and O–H groups in total. The van der Waals surface area contributed by atoms with E-state index < -0.39 is 11.6 Å². The van der Waals surface area contributed by atoms with Crippen LogP contribution < -0.4 is 10.1 Å². The molecule has 0 aliphatic rings. The Morgan fingerprint density at radius 3 is 2.88 bits per heavy atom. The first-order chi connectivity index (χ1) is 8.19. The SMILES string of the molecule is CNCc1cc([N+](=O)[O-])ccc1OCCCF. The summed E-state index contributed by atoms with van der Waals surface area (Å²) in [4.78, 5) is 10.2. The van der Waals surface area contributed by atoms with Gasteiger partial charge >= 0.3 is 0 Å². The maximum atomic E-state index is 11.9. The lowest BCUT2D eigenvalue weighted by Gasteiger charge is -2.10. The number of halogens is 1. The van der Waals surface area contributed by atoms with E-state index in [2.05, 4.69) is 5.32 Å². The van der Waals surface area contributed by atoms with E-state index in [1.54, 1.807) is 13.1 Å². The van der Waals surface area contributed by atoms with Crippen LogP contribution in [0.4, 0.5) is 10.1 Å². The number of nitrogens with one attached hydrogen (secondary N) is 1. The lowest BCUT2D eigenvalue weighted by Crippen LogP contribution is -2.09. The van der Waals surface area contributed by atoms with Crippen LogP contribution in [0.3, 0.4) is 0 Å². The van der Waals surface area contributed by atoms with Gasteiger partial charge in [-0.25, -0.2) is 0 Å². The number of ether oxygens (including phenoxy) is 1. The van der Waals surface area contributed by atoms with Gasteiger partial charge in [-0.2, -0.15) is 0 Å². The van der Waals surface area contributed by atoms with E-state index in [9.17, 15) is 14.5 Å². The molecule has 0 aromatic heterocycles. The standard InChI is InChI=1S/C11H15FN2O3/c1-13-8-9-7-10(14(15)16)3-4-11(9)17-6-2-5-12/h3-4,7,13H,2,5-6,8H2,1H3. The molecule has 1 rings (SSSR count). The van der Waals surface area contributed by atoms with E-state index in [4.69, 9.17) is 4.74 Å². The topological polar surface area (TPSA) is 64.4 Å². The van der Waals surface area contributed by atoms with Crippen LogP contribution in [-0.4, -0.2) is 25.3 Å². The predicted octanol–water partition coefficient (Wildman–Crippen LogP) is 2.05. The minimum Gasteiger partial charge on any atom is -0.493 e. The summed E-state index contributed by atoms with van der Waals surface area (Å²) in [5.74, 6) is 0.554. The van der Waals surface area contributed by atoms with Crippen LogP contribution in [0, 0.1) is 10.1 Å². The maximum Gasteiger partial charge on any atom is 0.270 e. The van der Waals surface area contributed by atoms with Crippen molar-refractivity contribution in [2.24, 2.45) is 0 Å². The van der Waals surface area contributed by atoms with E-state index in [0.717, 1.165) is 0 Å². The minimum absolute atomic E-state index is 0.0214. The van der Waals surface area contributed by atoms with Crippen LogP contribution in [0.25, 0.3) is 0 Å². The number of hydrogen-bond donors (Lipinski definition) is 1. The Morgan fingerprint density at radius 1 is 1.53 bits per heavy atom. The molecule has 5 nitrogen and oxygen atoms in total. The van der Waals surface area contributed by atoms with Gasteiger partial charge in [-0.05, 0) is 13.1 Å². The molecule has 0 saturated carbocycles. The van der Waals surface area contributed by atoms with Gasteiger partial charge in [0.15, 0.2) is 0 Å². The van der Waals surface area contributed by atoms with Gasteiger partial charge in [0, 0.05) is 30.7 Å². The van der Waals surface area contributed by atoms with Crippen LogP contribution in [0.1, 0.15) is 12.0 Å². The number of nitrogens with zero attached hydrogens (tertiary/aromatic N) is 1. The second kappa shape index (κ2) is 6.80. The normalized spacial score (nSPS) is 10.2.